The minimum atomic E-state index is -0.604. The van der Waals surface area contributed by atoms with Crippen LogP contribution >= 0.6 is 22.9 Å². The summed E-state index contributed by atoms with van der Waals surface area (Å²) in [5, 5.41) is 10.8. The third-order valence-electron chi connectivity index (χ3n) is 5.22. The highest BCUT2D eigenvalue weighted by atomic mass is 35.5. The summed E-state index contributed by atoms with van der Waals surface area (Å²) in [6, 6.07) is 17.7. The largest absolute Gasteiger partial charge is 0.343 e. The van der Waals surface area contributed by atoms with Gasteiger partial charge in [0.05, 0.1) is 6.04 Å². The van der Waals surface area contributed by atoms with Gasteiger partial charge in [-0.3, -0.25) is 9.59 Å². The molecule has 0 fully saturated rings. The van der Waals surface area contributed by atoms with Gasteiger partial charge in [-0.2, -0.15) is 9.78 Å². The fraction of sp³-hybridized carbons (Fsp3) is 0.160. The lowest BCUT2D eigenvalue weighted by molar-refractivity contribution is 0.0933. The summed E-state index contributed by atoms with van der Waals surface area (Å²) in [7, 11) is 1.89. The van der Waals surface area contributed by atoms with Gasteiger partial charge < -0.3 is 10.6 Å². The predicted octanol–water partition coefficient (Wildman–Crippen LogP) is 4.96. The minimum absolute atomic E-state index is 0.0117. The first-order valence-electron chi connectivity index (χ1n) is 10.6. The molecular weight excluding hydrogens is 475 g/mol. The molecule has 1 atom stereocenters. The molecule has 4 aromatic rings. The van der Waals surface area contributed by atoms with Crippen LogP contribution in [-0.2, 0) is 6.54 Å². The summed E-state index contributed by atoms with van der Waals surface area (Å²) in [5.74, 6) is -1.07. The Kier molecular flexibility index (Phi) is 7.21. The highest BCUT2D eigenvalue weighted by molar-refractivity contribution is 7.15. The minimum Gasteiger partial charge on any atom is -0.343 e. The van der Waals surface area contributed by atoms with Crippen molar-refractivity contribution in [1.82, 2.24) is 20.4 Å². The van der Waals surface area contributed by atoms with E-state index >= 15 is 0 Å². The van der Waals surface area contributed by atoms with Crippen molar-refractivity contribution in [1.29, 1.82) is 0 Å². The van der Waals surface area contributed by atoms with Crippen LogP contribution in [0.25, 0.3) is 16.1 Å². The van der Waals surface area contributed by atoms with Crippen molar-refractivity contribution in [3.63, 3.8) is 0 Å². The zero-order valence-electron chi connectivity index (χ0n) is 18.5. The van der Waals surface area contributed by atoms with Crippen molar-refractivity contribution in [3.05, 3.63) is 104 Å². The zero-order valence-corrected chi connectivity index (χ0v) is 20.1. The van der Waals surface area contributed by atoms with Gasteiger partial charge in [0.15, 0.2) is 0 Å². The number of amides is 1. The molecule has 2 aromatic heterocycles. The van der Waals surface area contributed by atoms with E-state index in [-0.39, 0.29) is 17.4 Å². The number of rotatable bonds is 7. The summed E-state index contributed by atoms with van der Waals surface area (Å²) in [5.41, 5.74) is 1.62. The van der Waals surface area contributed by atoms with Gasteiger partial charge >= 0.3 is 0 Å². The maximum Gasteiger partial charge on any atom is 0.272 e. The number of carbonyl (C=O) groups excluding carboxylic acids is 1. The number of para-hydroxylation sites is 1. The molecule has 1 amide bonds. The van der Waals surface area contributed by atoms with Gasteiger partial charge in [0.25, 0.3) is 11.5 Å². The third kappa shape index (κ3) is 5.09. The molecule has 0 bridgehead atoms. The fourth-order valence-corrected chi connectivity index (χ4v) is 4.76. The van der Waals surface area contributed by atoms with Crippen molar-refractivity contribution in [2.75, 3.05) is 7.05 Å². The van der Waals surface area contributed by atoms with E-state index in [1.807, 2.05) is 44.3 Å². The Morgan fingerprint density at radius 1 is 1.15 bits per heavy atom. The Labute approximate surface area is 205 Å². The maximum atomic E-state index is 14.2. The molecule has 2 N–H and O–H groups in total. The number of carbonyl (C=O) groups is 1. The Balaban J connectivity index is 1.55. The molecule has 174 valence electrons. The van der Waals surface area contributed by atoms with Gasteiger partial charge in [0.1, 0.15) is 17.2 Å². The molecule has 0 aliphatic heterocycles. The predicted molar refractivity (Wildman–Crippen MR) is 133 cm³/mol. The molecule has 0 unspecified atom stereocenters. The van der Waals surface area contributed by atoms with Crippen LogP contribution in [0.3, 0.4) is 0 Å². The summed E-state index contributed by atoms with van der Waals surface area (Å²) in [6.07, 6.45) is 0. The second kappa shape index (κ2) is 10.3. The summed E-state index contributed by atoms with van der Waals surface area (Å²) in [4.78, 5) is 27.1. The number of nitrogens with zero attached hydrogens (tertiary/aromatic N) is 2. The van der Waals surface area contributed by atoms with Crippen molar-refractivity contribution in [2.45, 2.75) is 19.5 Å². The number of benzene rings is 2. The summed E-state index contributed by atoms with van der Waals surface area (Å²) >= 11 is 7.78. The maximum absolute atomic E-state index is 14.2. The molecule has 34 heavy (non-hydrogen) atoms. The van der Waals surface area contributed by atoms with Gasteiger partial charge in [-0.1, -0.05) is 29.8 Å². The molecule has 4 rings (SSSR count). The standard InChI is InChI=1S/C25H22ClFN4O2S/c1-15(22-10-11-23(34-22)18-13-17(26)8-7-16(18)14-28-2)29-25(33)20-9-12-24(32)31(30-20)21-6-4-3-5-19(21)27/h3-13,15,28H,14H2,1-2H3,(H,29,33)/t15-/m1/s1. The van der Waals surface area contributed by atoms with Crippen molar-refractivity contribution in [2.24, 2.45) is 0 Å². The molecule has 6 nitrogen and oxygen atoms in total. The van der Waals surface area contributed by atoms with Crippen molar-refractivity contribution >= 4 is 28.8 Å². The van der Waals surface area contributed by atoms with Crippen LogP contribution in [0.1, 0.15) is 33.9 Å². The second-order valence-corrected chi connectivity index (χ2v) is 9.20. The summed E-state index contributed by atoms with van der Waals surface area (Å²) < 4.78 is 15.0. The van der Waals surface area contributed by atoms with E-state index < -0.39 is 17.3 Å². The lowest BCUT2D eigenvalue weighted by Crippen LogP contribution is -2.30. The number of aromatic nitrogens is 2. The average molecular weight is 497 g/mol. The number of hydrogen-bond donors (Lipinski definition) is 2. The molecule has 0 aliphatic rings. The Morgan fingerprint density at radius 3 is 2.71 bits per heavy atom. The molecule has 0 radical (unpaired) electrons. The lowest BCUT2D eigenvalue weighted by Gasteiger charge is -2.13. The van der Waals surface area contributed by atoms with E-state index in [9.17, 15) is 14.0 Å². The van der Waals surface area contributed by atoms with Crippen LogP contribution in [0, 0.1) is 5.82 Å². The number of nitrogens with one attached hydrogen (secondary N) is 2. The Hall–Kier alpha value is -3.33. The van der Waals surface area contributed by atoms with Crippen LogP contribution in [0.4, 0.5) is 4.39 Å². The highest BCUT2D eigenvalue weighted by Gasteiger charge is 2.18. The SMILES string of the molecule is CNCc1ccc(Cl)cc1-c1ccc([C@@H](C)NC(=O)c2ccc(=O)n(-c3ccccc3F)n2)s1. The highest BCUT2D eigenvalue weighted by Crippen LogP contribution is 2.35. The van der Waals surface area contributed by atoms with Gasteiger partial charge in [-0.15, -0.1) is 11.3 Å². The first kappa shape index (κ1) is 23.8. The second-order valence-electron chi connectivity index (χ2n) is 7.65. The fourth-order valence-electron chi connectivity index (χ4n) is 3.52. The van der Waals surface area contributed by atoms with Crippen molar-refractivity contribution < 1.29 is 9.18 Å². The van der Waals surface area contributed by atoms with Gasteiger partial charge in [-0.25, -0.2) is 4.39 Å². The molecule has 9 heteroatoms. The molecule has 0 saturated carbocycles. The number of halogens is 2. The zero-order chi connectivity index (χ0) is 24.2. The Morgan fingerprint density at radius 2 is 1.94 bits per heavy atom. The topological polar surface area (TPSA) is 76.0 Å². The lowest BCUT2D eigenvalue weighted by atomic mass is 10.1. The number of hydrogen-bond acceptors (Lipinski definition) is 5. The Bertz CT molecular complexity index is 1400. The smallest absolute Gasteiger partial charge is 0.272 e. The van der Waals surface area contributed by atoms with Crippen LogP contribution in [0.5, 0.6) is 0 Å². The molecule has 0 spiro atoms. The molecular formula is C25H22ClFN4O2S. The van der Waals surface area contributed by atoms with Gasteiger partial charge in [0.2, 0.25) is 0 Å². The van der Waals surface area contributed by atoms with Crippen LogP contribution in [-0.4, -0.2) is 22.7 Å². The van der Waals surface area contributed by atoms with E-state index in [1.165, 1.54) is 30.3 Å². The van der Waals surface area contributed by atoms with Gasteiger partial charge in [0, 0.05) is 27.4 Å². The van der Waals surface area contributed by atoms with E-state index in [4.69, 9.17) is 11.6 Å². The van der Waals surface area contributed by atoms with Crippen LogP contribution < -0.4 is 16.2 Å². The van der Waals surface area contributed by atoms with E-state index in [2.05, 4.69) is 15.7 Å². The monoisotopic (exact) mass is 496 g/mol. The quantitative estimate of drug-likeness (QED) is 0.379. The average Bonchev–Trinajstić information content (AvgIpc) is 3.31. The molecule has 0 saturated heterocycles. The van der Waals surface area contributed by atoms with E-state index in [1.54, 1.807) is 17.4 Å². The first-order chi connectivity index (χ1) is 16.4. The van der Waals surface area contributed by atoms with Gasteiger partial charge in [-0.05, 0) is 67.6 Å². The molecule has 2 aromatic carbocycles. The molecule has 2 heterocycles. The van der Waals surface area contributed by atoms with Crippen LogP contribution in [0.2, 0.25) is 5.02 Å². The van der Waals surface area contributed by atoms with Crippen LogP contribution in [0.15, 0.2) is 71.5 Å². The normalized spacial score (nSPS) is 11.9. The first-order valence-corrected chi connectivity index (χ1v) is 11.8. The molecule has 0 aliphatic carbocycles. The summed E-state index contributed by atoms with van der Waals surface area (Å²) in [6.45, 7) is 2.57. The van der Waals surface area contributed by atoms with E-state index in [0.29, 0.717) is 11.6 Å². The van der Waals surface area contributed by atoms with Crippen molar-refractivity contribution in [3.8, 4) is 16.1 Å². The van der Waals surface area contributed by atoms with E-state index in [0.717, 1.165) is 25.6 Å². The third-order valence-corrected chi connectivity index (χ3v) is 6.76. The number of thiophene rings is 1.